The molecule has 82 valence electrons. The van der Waals surface area contributed by atoms with Crippen LogP contribution in [0.25, 0.3) is 11.0 Å². The second-order valence-corrected chi connectivity index (χ2v) is 3.38. The fraction of sp³-hybridized carbons (Fsp3) is 0.182. The summed E-state index contributed by atoms with van der Waals surface area (Å²) in [6.07, 6.45) is 4.04. The van der Waals surface area contributed by atoms with Gasteiger partial charge in [0.1, 0.15) is 12.2 Å². The number of amides is 1. The van der Waals surface area contributed by atoms with Gasteiger partial charge in [-0.05, 0) is 12.1 Å². The van der Waals surface area contributed by atoms with Crippen molar-refractivity contribution in [2.45, 2.75) is 6.54 Å². The first-order valence-electron chi connectivity index (χ1n) is 4.86. The largest absolute Gasteiger partial charge is 0.358 e. The summed E-state index contributed by atoms with van der Waals surface area (Å²) in [4.78, 5) is 26.3. The average molecular weight is 217 g/mol. The van der Waals surface area contributed by atoms with Gasteiger partial charge in [0.25, 0.3) is 0 Å². The summed E-state index contributed by atoms with van der Waals surface area (Å²) in [6, 6.07) is 3.58. The molecule has 1 amide bonds. The van der Waals surface area contributed by atoms with Gasteiger partial charge in [-0.1, -0.05) is 0 Å². The number of hydrogen-bond donors (Lipinski definition) is 1. The lowest BCUT2D eigenvalue weighted by molar-refractivity contribution is -0.121. The second-order valence-electron chi connectivity index (χ2n) is 3.38. The zero-order valence-corrected chi connectivity index (χ0v) is 8.80. The van der Waals surface area contributed by atoms with E-state index in [2.05, 4.69) is 10.3 Å². The topological polar surface area (TPSA) is 64.0 Å². The van der Waals surface area contributed by atoms with E-state index < -0.39 is 0 Å². The third-order valence-corrected chi connectivity index (χ3v) is 2.38. The molecule has 0 unspecified atom stereocenters. The van der Waals surface area contributed by atoms with Crippen LogP contribution in [-0.4, -0.2) is 28.8 Å². The van der Waals surface area contributed by atoms with E-state index in [-0.39, 0.29) is 12.5 Å². The molecule has 16 heavy (non-hydrogen) atoms. The quantitative estimate of drug-likeness (QED) is 0.765. The van der Waals surface area contributed by atoms with Crippen molar-refractivity contribution in [2.75, 3.05) is 7.05 Å². The first-order valence-corrected chi connectivity index (χ1v) is 4.86. The van der Waals surface area contributed by atoms with Crippen LogP contribution in [0.5, 0.6) is 0 Å². The van der Waals surface area contributed by atoms with Crippen molar-refractivity contribution in [1.82, 2.24) is 14.9 Å². The summed E-state index contributed by atoms with van der Waals surface area (Å²) in [7, 11) is 1.57. The molecule has 2 rings (SSSR count). The predicted molar refractivity (Wildman–Crippen MR) is 59.2 cm³/mol. The first kappa shape index (κ1) is 10.4. The minimum atomic E-state index is -0.125. The molecular weight excluding hydrogens is 206 g/mol. The lowest BCUT2D eigenvalue weighted by Gasteiger charge is -2.02. The Morgan fingerprint density at radius 2 is 2.44 bits per heavy atom. The summed E-state index contributed by atoms with van der Waals surface area (Å²) in [5.74, 6) is -0.125. The van der Waals surface area contributed by atoms with Crippen LogP contribution in [0.3, 0.4) is 0 Å². The van der Waals surface area contributed by atoms with Crippen molar-refractivity contribution in [3.63, 3.8) is 0 Å². The molecule has 0 saturated heterocycles. The van der Waals surface area contributed by atoms with E-state index in [1.165, 1.54) is 0 Å². The SMILES string of the molecule is CNC(=O)Cn1cc(C=O)c2cccnc21. The number of rotatable bonds is 3. The second kappa shape index (κ2) is 4.14. The van der Waals surface area contributed by atoms with Crippen LogP contribution in [0, 0.1) is 0 Å². The lowest BCUT2D eigenvalue weighted by Crippen LogP contribution is -2.23. The Hall–Kier alpha value is -2.17. The maximum absolute atomic E-state index is 11.3. The number of aldehydes is 1. The Morgan fingerprint density at radius 1 is 1.62 bits per heavy atom. The highest BCUT2D eigenvalue weighted by atomic mass is 16.1. The number of nitrogens with one attached hydrogen (secondary N) is 1. The van der Waals surface area contributed by atoms with Gasteiger partial charge in [0.15, 0.2) is 6.29 Å². The third-order valence-electron chi connectivity index (χ3n) is 2.38. The molecule has 0 radical (unpaired) electrons. The smallest absolute Gasteiger partial charge is 0.239 e. The van der Waals surface area contributed by atoms with E-state index in [0.717, 1.165) is 11.7 Å². The summed E-state index contributed by atoms with van der Waals surface area (Å²) < 4.78 is 1.66. The standard InChI is InChI=1S/C11H11N3O2/c1-12-10(16)6-14-5-8(7-15)9-3-2-4-13-11(9)14/h2-5,7H,6H2,1H3,(H,12,16). The van der Waals surface area contributed by atoms with E-state index in [4.69, 9.17) is 0 Å². The summed E-state index contributed by atoms with van der Waals surface area (Å²) in [5, 5.41) is 3.29. The highest BCUT2D eigenvalue weighted by Crippen LogP contribution is 2.17. The van der Waals surface area contributed by atoms with Gasteiger partial charge in [0.05, 0.1) is 0 Å². The molecule has 0 aliphatic heterocycles. The molecule has 2 aromatic heterocycles. The Labute approximate surface area is 92.1 Å². The molecule has 0 saturated carbocycles. The van der Waals surface area contributed by atoms with Gasteiger partial charge in [0, 0.05) is 30.4 Å². The lowest BCUT2D eigenvalue weighted by atomic mass is 10.2. The minimum Gasteiger partial charge on any atom is -0.358 e. The molecule has 0 bridgehead atoms. The number of carbonyl (C=O) groups excluding carboxylic acids is 2. The van der Waals surface area contributed by atoms with Crippen molar-refractivity contribution in [3.8, 4) is 0 Å². The molecule has 5 heteroatoms. The van der Waals surface area contributed by atoms with Crippen LogP contribution in [0.15, 0.2) is 24.5 Å². The van der Waals surface area contributed by atoms with Gasteiger partial charge in [-0.25, -0.2) is 4.98 Å². The van der Waals surface area contributed by atoms with Crippen molar-refractivity contribution in [2.24, 2.45) is 0 Å². The zero-order chi connectivity index (χ0) is 11.5. The van der Waals surface area contributed by atoms with Crippen LogP contribution in [0.2, 0.25) is 0 Å². The monoisotopic (exact) mass is 217 g/mol. The Bertz CT molecular complexity index is 545. The molecule has 0 aromatic carbocycles. The van der Waals surface area contributed by atoms with Gasteiger partial charge in [0.2, 0.25) is 5.91 Å². The number of pyridine rings is 1. The highest BCUT2D eigenvalue weighted by molar-refractivity contribution is 5.96. The number of hydrogen-bond acceptors (Lipinski definition) is 3. The predicted octanol–water partition coefficient (Wildman–Crippen LogP) is 0.595. The minimum absolute atomic E-state index is 0.125. The Balaban J connectivity index is 2.53. The normalized spacial score (nSPS) is 10.3. The van der Waals surface area contributed by atoms with Gasteiger partial charge in [-0.15, -0.1) is 0 Å². The Morgan fingerprint density at radius 3 is 3.12 bits per heavy atom. The van der Waals surface area contributed by atoms with Gasteiger partial charge >= 0.3 is 0 Å². The molecule has 0 aliphatic carbocycles. The van der Waals surface area contributed by atoms with Gasteiger partial charge < -0.3 is 9.88 Å². The third kappa shape index (κ3) is 1.67. The first-order chi connectivity index (χ1) is 7.76. The molecule has 0 aliphatic rings. The number of fused-ring (bicyclic) bond motifs is 1. The number of carbonyl (C=O) groups is 2. The van der Waals surface area contributed by atoms with Crippen molar-refractivity contribution >= 4 is 23.2 Å². The van der Waals surface area contributed by atoms with Gasteiger partial charge in [-0.2, -0.15) is 0 Å². The molecule has 0 fully saturated rings. The van der Waals surface area contributed by atoms with Crippen LogP contribution in [-0.2, 0) is 11.3 Å². The highest BCUT2D eigenvalue weighted by Gasteiger charge is 2.10. The van der Waals surface area contributed by atoms with E-state index in [1.54, 1.807) is 30.1 Å². The molecule has 5 nitrogen and oxygen atoms in total. The average Bonchev–Trinajstić information content (AvgIpc) is 2.68. The maximum Gasteiger partial charge on any atom is 0.239 e. The van der Waals surface area contributed by atoms with E-state index >= 15 is 0 Å². The summed E-state index contributed by atoms with van der Waals surface area (Å²) >= 11 is 0. The fourth-order valence-electron chi connectivity index (χ4n) is 1.60. The van der Waals surface area contributed by atoms with E-state index in [0.29, 0.717) is 11.2 Å². The number of nitrogens with zero attached hydrogens (tertiary/aromatic N) is 2. The van der Waals surface area contributed by atoms with Crippen LogP contribution in [0.1, 0.15) is 10.4 Å². The molecule has 0 spiro atoms. The molecule has 2 aromatic rings. The fourth-order valence-corrected chi connectivity index (χ4v) is 1.60. The van der Waals surface area contributed by atoms with Gasteiger partial charge in [-0.3, -0.25) is 9.59 Å². The number of aromatic nitrogens is 2. The van der Waals surface area contributed by atoms with Crippen LogP contribution >= 0.6 is 0 Å². The maximum atomic E-state index is 11.3. The van der Waals surface area contributed by atoms with Crippen LogP contribution < -0.4 is 5.32 Å². The van der Waals surface area contributed by atoms with Crippen molar-refractivity contribution in [1.29, 1.82) is 0 Å². The molecule has 1 N–H and O–H groups in total. The van der Waals surface area contributed by atoms with Crippen molar-refractivity contribution < 1.29 is 9.59 Å². The van der Waals surface area contributed by atoms with E-state index in [1.807, 2.05) is 6.07 Å². The van der Waals surface area contributed by atoms with Crippen molar-refractivity contribution in [3.05, 3.63) is 30.1 Å². The van der Waals surface area contributed by atoms with E-state index in [9.17, 15) is 9.59 Å². The Kier molecular flexibility index (Phi) is 2.68. The zero-order valence-electron chi connectivity index (χ0n) is 8.80. The molecular formula is C11H11N3O2. The van der Waals surface area contributed by atoms with Crippen LogP contribution in [0.4, 0.5) is 0 Å². The number of likely N-dealkylation sites (N-methyl/N-ethyl adjacent to an activating group) is 1. The summed E-state index contributed by atoms with van der Waals surface area (Å²) in [6.45, 7) is 0.165. The molecule has 0 atom stereocenters. The summed E-state index contributed by atoms with van der Waals surface area (Å²) in [5.41, 5.74) is 1.19. The molecule has 2 heterocycles.